The summed E-state index contributed by atoms with van der Waals surface area (Å²) in [6, 6.07) is -1.19. The average molecular weight is 952 g/mol. The number of esters is 1. The van der Waals surface area contributed by atoms with Gasteiger partial charge in [-0.25, -0.2) is 9.48 Å². The molecule has 0 aromatic carbocycles. The van der Waals surface area contributed by atoms with Gasteiger partial charge in [-0.1, -0.05) is 77.2 Å². The molecule has 2 saturated heterocycles. The van der Waals surface area contributed by atoms with E-state index in [0.717, 1.165) is 12.8 Å². The smallest absolute Gasteiger partial charge is 0.329 e. The number of hydrogen-bond donors (Lipinski definition) is 2. The second kappa shape index (κ2) is 25.6. The third kappa shape index (κ3) is 14.0. The number of allylic oxidation sites excluding steroid dienone is 6. The zero-order valence-electron chi connectivity index (χ0n) is 41.6. The molecule has 1 aliphatic carbocycles. The van der Waals surface area contributed by atoms with Crippen molar-refractivity contribution in [2.75, 3.05) is 27.9 Å². The summed E-state index contributed by atoms with van der Waals surface area (Å²) in [7, 11) is 4.60. The van der Waals surface area contributed by atoms with Crippen molar-refractivity contribution in [3.63, 3.8) is 0 Å². The molecule has 5 rings (SSSR count). The van der Waals surface area contributed by atoms with E-state index in [1.807, 2.05) is 57.2 Å². The van der Waals surface area contributed by atoms with Gasteiger partial charge in [0.2, 0.25) is 5.79 Å². The topological polar surface area (TPSA) is 219 Å². The molecule has 2 N–H and O–H groups in total. The quantitative estimate of drug-likeness (QED) is 0.192. The number of Topliss-reactive ketones (excluding diaryl/α,β-unsaturated/α-hetero) is 3. The molecule has 0 spiro atoms. The zero-order valence-corrected chi connectivity index (χ0v) is 41.6. The minimum atomic E-state index is -2.43. The fourth-order valence-electron chi connectivity index (χ4n) is 10.5. The van der Waals surface area contributed by atoms with Crippen molar-refractivity contribution < 1.29 is 57.9 Å². The van der Waals surface area contributed by atoms with Gasteiger partial charge in [-0.3, -0.25) is 19.2 Å². The average Bonchev–Trinajstić information content (AvgIpc) is 3.87. The van der Waals surface area contributed by atoms with Gasteiger partial charge in [0.15, 0.2) is 5.78 Å². The zero-order chi connectivity index (χ0) is 49.7. The van der Waals surface area contributed by atoms with Crippen LogP contribution >= 0.6 is 0 Å². The molecule has 1 aromatic rings. The van der Waals surface area contributed by atoms with Gasteiger partial charge in [-0.2, -0.15) is 0 Å². The highest BCUT2D eigenvalue weighted by Crippen LogP contribution is 2.39. The second-order valence-corrected chi connectivity index (χ2v) is 19.9. The van der Waals surface area contributed by atoms with Crippen LogP contribution in [-0.4, -0.2) is 141 Å². The van der Waals surface area contributed by atoms with Crippen LogP contribution in [0.2, 0.25) is 0 Å². The first kappa shape index (κ1) is 54.7. The summed E-state index contributed by atoms with van der Waals surface area (Å²) < 4.78 is 31.4. The Morgan fingerprint density at radius 1 is 0.882 bits per heavy atom. The first-order valence-electron chi connectivity index (χ1n) is 24.6. The number of carbonyl (C=O) groups is 5. The van der Waals surface area contributed by atoms with Crippen molar-refractivity contribution in [1.82, 2.24) is 25.1 Å². The van der Waals surface area contributed by atoms with Gasteiger partial charge in [-0.05, 0) is 105 Å². The van der Waals surface area contributed by atoms with Crippen LogP contribution in [0.4, 0.5) is 0 Å². The van der Waals surface area contributed by atoms with Gasteiger partial charge in [0, 0.05) is 58.5 Å². The maximum Gasteiger partial charge on any atom is 0.329 e. The summed E-state index contributed by atoms with van der Waals surface area (Å²) in [5.74, 6) is -7.90. The Labute approximate surface area is 402 Å². The van der Waals surface area contributed by atoms with Crippen LogP contribution in [0, 0.1) is 35.5 Å². The van der Waals surface area contributed by atoms with Crippen LogP contribution < -0.4 is 0 Å². The van der Waals surface area contributed by atoms with E-state index >= 15 is 0 Å². The van der Waals surface area contributed by atoms with Gasteiger partial charge in [0.1, 0.15) is 36.5 Å². The molecule has 4 aliphatic rings. The minimum absolute atomic E-state index is 0.0206. The number of hydrogen-bond acceptors (Lipinski definition) is 15. The summed E-state index contributed by atoms with van der Waals surface area (Å²) in [5, 5.41) is 35.1. The SMILES string of the molecule is CO[C@@H]1/C=C/C=C/C=C/[C@@H](C)C[C@H](C)C(=O)[C@H](OC)[C@H](O)/C(C)=C/[C@@H](C)C(=O)C[C@@H]([C@H](C)C[C@@H]2CC[C@H](n3cnnn3)[C@H](OC)C2)OC(=O)[C@@H]2CCCCN2C(=O)C(=O)[C@]2(O)O[C@@H](CC[C@H]2C)C1. The van der Waals surface area contributed by atoms with E-state index in [1.54, 1.807) is 52.1 Å². The Bertz CT molecular complexity index is 1970. The summed E-state index contributed by atoms with van der Waals surface area (Å²) in [5.41, 5.74) is 0.390. The molecule has 1 amide bonds. The molecular formula is C51H77N5O12. The Morgan fingerprint density at radius 2 is 1.62 bits per heavy atom. The molecule has 1 aromatic heterocycles. The second-order valence-electron chi connectivity index (χ2n) is 19.9. The van der Waals surface area contributed by atoms with Crippen molar-refractivity contribution in [3.05, 3.63) is 54.4 Å². The molecule has 2 bridgehead atoms. The maximum atomic E-state index is 14.5. The van der Waals surface area contributed by atoms with E-state index < -0.39 is 77.8 Å². The summed E-state index contributed by atoms with van der Waals surface area (Å²) in [6.45, 7) is 10.9. The van der Waals surface area contributed by atoms with E-state index in [2.05, 4.69) is 15.5 Å². The molecule has 3 aliphatic heterocycles. The number of ketones is 3. The molecule has 378 valence electrons. The van der Waals surface area contributed by atoms with Crippen molar-refractivity contribution in [2.24, 2.45) is 35.5 Å². The number of cyclic esters (lactones) is 1. The normalized spacial score (nSPS) is 38.7. The van der Waals surface area contributed by atoms with Crippen molar-refractivity contribution in [2.45, 2.75) is 173 Å². The third-order valence-corrected chi connectivity index (χ3v) is 14.8. The number of ether oxygens (including phenoxy) is 5. The lowest BCUT2D eigenvalue weighted by molar-refractivity contribution is -0.265. The predicted molar refractivity (Wildman–Crippen MR) is 251 cm³/mol. The minimum Gasteiger partial charge on any atom is -0.460 e. The number of piperidine rings is 1. The maximum absolute atomic E-state index is 14.5. The number of aliphatic hydroxyl groups is 2. The molecule has 1 saturated carbocycles. The number of aliphatic hydroxyl groups excluding tert-OH is 1. The number of amides is 1. The van der Waals surface area contributed by atoms with E-state index in [4.69, 9.17) is 23.7 Å². The number of methoxy groups -OCH3 is 3. The van der Waals surface area contributed by atoms with E-state index in [1.165, 1.54) is 12.0 Å². The van der Waals surface area contributed by atoms with Crippen molar-refractivity contribution >= 4 is 29.2 Å². The third-order valence-electron chi connectivity index (χ3n) is 14.8. The molecule has 15 atom stereocenters. The lowest BCUT2D eigenvalue weighted by Crippen LogP contribution is -2.60. The highest BCUT2D eigenvalue weighted by molar-refractivity contribution is 6.39. The first-order valence-corrected chi connectivity index (χ1v) is 24.6. The summed E-state index contributed by atoms with van der Waals surface area (Å²) in [4.78, 5) is 72.1. The molecule has 17 heteroatoms. The lowest BCUT2D eigenvalue weighted by atomic mass is 9.77. The number of rotatable bonds is 7. The lowest BCUT2D eigenvalue weighted by Gasteiger charge is -2.42. The first-order chi connectivity index (χ1) is 32.4. The van der Waals surface area contributed by atoms with Crippen LogP contribution in [0.25, 0.3) is 0 Å². The Kier molecular flexibility index (Phi) is 20.5. The number of fused-ring (bicyclic) bond motifs is 3. The van der Waals surface area contributed by atoms with Crippen molar-refractivity contribution in [1.29, 1.82) is 0 Å². The number of nitrogens with zero attached hydrogens (tertiary/aromatic N) is 5. The van der Waals surface area contributed by atoms with Crippen LogP contribution in [0.3, 0.4) is 0 Å². The monoisotopic (exact) mass is 952 g/mol. The highest BCUT2D eigenvalue weighted by Gasteiger charge is 2.53. The largest absolute Gasteiger partial charge is 0.460 e. The molecule has 0 radical (unpaired) electrons. The van der Waals surface area contributed by atoms with Gasteiger partial charge in [0.05, 0.1) is 24.4 Å². The Morgan fingerprint density at radius 3 is 2.29 bits per heavy atom. The van der Waals surface area contributed by atoms with Crippen LogP contribution in [0.1, 0.15) is 125 Å². The van der Waals surface area contributed by atoms with Crippen LogP contribution in [0.5, 0.6) is 0 Å². The molecule has 68 heavy (non-hydrogen) atoms. The molecular weight excluding hydrogens is 875 g/mol. The molecule has 0 unspecified atom stereocenters. The number of tetrazole rings is 1. The fraction of sp³-hybridized carbons (Fsp3) is 0.725. The highest BCUT2D eigenvalue weighted by atomic mass is 16.6. The van der Waals surface area contributed by atoms with Crippen molar-refractivity contribution in [3.8, 4) is 0 Å². The molecule has 4 heterocycles. The van der Waals surface area contributed by atoms with E-state index in [9.17, 15) is 34.2 Å². The summed E-state index contributed by atoms with van der Waals surface area (Å²) in [6.07, 6.45) is 15.6. The van der Waals surface area contributed by atoms with Gasteiger partial charge in [0.25, 0.3) is 11.7 Å². The predicted octanol–water partition coefficient (Wildman–Crippen LogP) is 5.66. The molecule has 17 nitrogen and oxygen atoms in total. The van der Waals surface area contributed by atoms with Crippen LogP contribution in [-0.2, 0) is 47.7 Å². The van der Waals surface area contributed by atoms with E-state index in [0.29, 0.717) is 56.9 Å². The Balaban J connectivity index is 1.45. The van der Waals surface area contributed by atoms with E-state index in [-0.39, 0.29) is 60.9 Å². The molecule has 3 fully saturated rings. The number of aromatic nitrogens is 4. The summed E-state index contributed by atoms with van der Waals surface area (Å²) >= 11 is 0. The van der Waals surface area contributed by atoms with Gasteiger partial charge in [-0.15, -0.1) is 5.10 Å². The van der Waals surface area contributed by atoms with Gasteiger partial charge < -0.3 is 38.8 Å². The Hall–Kier alpha value is -4.26. The fourth-order valence-corrected chi connectivity index (χ4v) is 10.5. The number of carbonyl (C=O) groups excluding carboxylic acids is 5. The standard InChI is InChI=1S/C51H77N5O12/c1-31-16-12-10-11-13-17-38(64-7)28-39-21-19-36(6)51(63,68-39)48(60)49(61)55-23-15-14-18-41(55)50(62)67-43(33(3)26-37-20-22-40(44(27-37)65-8)56-30-52-53-54-56)29-42(57)32(2)25-35(5)46(59)47(66-9)45(58)34(4)24-31/h10-13,16-17,25,30-34,36-41,43-44,46-47,59,63H,14-15,18-24,26-29H2,1-9H3/b11-10+,16-12+,17-13+,35-25+/t31-,32-,33-,34+,36-,37+,38-,39+,40+,41+,43+,44-,46-,47+,51-/m1/s1. The van der Waals surface area contributed by atoms with Crippen LogP contribution in [0.15, 0.2) is 54.4 Å². The van der Waals surface area contributed by atoms with Gasteiger partial charge >= 0.3 is 5.97 Å².